The topological polar surface area (TPSA) is 82.3 Å². The third kappa shape index (κ3) is 5.11. The maximum atomic E-state index is 13.0. The number of hydrogen-bond donors (Lipinski definition) is 3. The number of carbonyl (C=O) groups is 1. The van der Waals surface area contributed by atoms with Gasteiger partial charge >= 0.3 is 0 Å². The molecule has 0 radical (unpaired) electrons. The number of amides is 1. The van der Waals surface area contributed by atoms with E-state index in [9.17, 15) is 4.79 Å². The molecule has 0 bridgehead atoms. The van der Waals surface area contributed by atoms with Gasteiger partial charge < -0.3 is 15.4 Å². The molecule has 1 unspecified atom stereocenters. The van der Waals surface area contributed by atoms with Crippen molar-refractivity contribution in [2.24, 2.45) is 0 Å². The highest BCUT2D eigenvalue weighted by Gasteiger charge is 2.25. The van der Waals surface area contributed by atoms with E-state index in [0.717, 1.165) is 63.5 Å². The number of morpholine rings is 1. The lowest BCUT2D eigenvalue weighted by Gasteiger charge is -2.31. The molecular formula is C20H28ClN5O2. The lowest BCUT2D eigenvalue weighted by molar-refractivity contribution is 0.0333. The van der Waals surface area contributed by atoms with Crippen molar-refractivity contribution < 1.29 is 9.53 Å². The quantitative estimate of drug-likeness (QED) is 0.671. The van der Waals surface area contributed by atoms with Gasteiger partial charge in [0.25, 0.3) is 5.91 Å². The minimum atomic E-state index is -0.0922. The van der Waals surface area contributed by atoms with E-state index in [1.54, 1.807) is 0 Å². The largest absolute Gasteiger partial charge is 0.379 e. The highest BCUT2D eigenvalue weighted by Crippen LogP contribution is 2.16. The van der Waals surface area contributed by atoms with Crippen LogP contribution in [0.15, 0.2) is 30.3 Å². The number of halogens is 1. The molecule has 1 atom stereocenters. The summed E-state index contributed by atoms with van der Waals surface area (Å²) in [7, 11) is 0. The number of H-pyrrole nitrogens is 1. The zero-order chi connectivity index (χ0) is 18.5. The van der Waals surface area contributed by atoms with Gasteiger partial charge in [0.2, 0.25) is 0 Å². The number of carbonyl (C=O) groups excluding carboxylic acids is 1. The average molecular weight is 406 g/mol. The maximum absolute atomic E-state index is 13.0. The minimum absolute atomic E-state index is 0. The van der Waals surface area contributed by atoms with Crippen LogP contribution in [0.5, 0.6) is 0 Å². The second-order valence-corrected chi connectivity index (χ2v) is 7.23. The second kappa shape index (κ2) is 10.0. The van der Waals surface area contributed by atoms with Crippen LogP contribution in [0.25, 0.3) is 0 Å². The monoisotopic (exact) mass is 405 g/mol. The molecule has 1 aromatic heterocycles. The van der Waals surface area contributed by atoms with Crippen LogP contribution in [0, 0.1) is 0 Å². The molecule has 3 heterocycles. The van der Waals surface area contributed by atoms with Gasteiger partial charge in [-0.25, -0.2) is 0 Å². The molecule has 1 fully saturated rings. The van der Waals surface area contributed by atoms with E-state index in [2.05, 4.69) is 37.9 Å². The van der Waals surface area contributed by atoms with E-state index in [1.165, 1.54) is 5.56 Å². The lowest BCUT2D eigenvalue weighted by Crippen LogP contribution is -2.48. The number of aromatic nitrogens is 2. The SMILES string of the molecule is Cl.O=C(NC(Cc1ccccc1)CN1CCOCC1)c1n[nH]c2c1CNCC2. The first-order valence-electron chi connectivity index (χ1n) is 9.71. The normalized spacial score (nSPS) is 18.0. The number of benzene rings is 1. The number of aromatic amines is 1. The molecule has 0 spiro atoms. The molecule has 152 valence electrons. The lowest BCUT2D eigenvalue weighted by atomic mass is 10.0. The van der Waals surface area contributed by atoms with E-state index < -0.39 is 0 Å². The van der Waals surface area contributed by atoms with Crippen molar-refractivity contribution in [3.05, 3.63) is 52.8 Å². The molecule has 0 aliphatic carbocycles. The average Bonchev–Trinajstić information content (AvgIpc) is 3.14. The molecule has 1 aromatic carbocycles. The number of fused-ring (bicyclic) bond motifs is 1. The Morgan fingerprint density at radius 1 is 1.25 bits per heavy atom. The maximum Gasteiger partial charge on any atom is 0.272 e. The molecule has 7 nitrogen and oxygen atoms in total. The first-order valence-corrected chi connectivity index (χ1v) is 9.71. The molecule has 2 aliphatic rings. The van der Waals surface area contributed by atoms with Crippen LogP contribution in [0.4, 0.5) is 0 Å². The summed E-state index contributed by atoms with van der Waals surface area (Å²) < 4.78 is 5.45. The molecule has 0 saturated carbocycles. The van der Waals surface area contributed by atoms with Crippen molar-refractivity contribution in [2.45, 2.75) is 25.4 Å². The standard InChI is InChI=1S/C20H27N5O2.ClH/c26-20(19-17-13-21-7-6-18(17)23-24-19)22-16(12-15-4-2-1-3-5-15)14-25-8-10-27-11-9-25;/h1-5,16,21H,6-14H2,(H,22,26)(H,23,24);1H. The van der Waals surface area contributed by atoms with Crippen LogP contribution in [-0.2, 0) is 24.1 Å². The Kier molecular flexibility index (Phi) is 7.44. The Labute approximate surface area is 171 Å². The molecule has 2 aliphatic heterocycles. The third-order valence-corrected chi connectivity index (χ3v) is 5.26. The molecule has 3 N–H and O–H groups in total. The molecule has 4 rings (SSSR count). The van der Waals surface area contributed by atoms with Crippen molar-refractivity contribution in [1.29, 1.82) is 0 Å². The zero-order valence-electron chi connectivity index (χ0n) is 15.9. The van der Waals surface area contributed by atoms with Crippen molar-refractivity contribution in [2.75, 3.05) is 39.4 Å². The van der Waals surface area contributed by atoms with Crippen molar-refractivity contribution >= 4 is 18.3 Å². The summed E-state index contributed by atoms with van der Waals surface area (Å²) in [5, 5.41) is 13.9. The molecule has 28 heavy (non-hydrogen) atoms. The molecule has 1 saturated heterocycles. The van der Waals surface area contributed by atoms with Gasteiger partial charge in [-0.3, -0.25) is 14.8 Å². The van der Waals surface area contributed by atoms with E-state index in [4.69, 9.17) is 4.74 Å². The summed E-state index contributed by atoms with van der Waals surface area (Å²) in [6, 6.07) is 10.3. The number of rotatable bonds is 6. The highest BCUT2D eigenvalue weighted by molar-refractivity contribution is 5.94. The predicted octanol–water partition coefficient (Wildman–Crippen LogP) is 1.15. The Bertz CT molecular complexity index is 761. The van der Waals surface area contributed by atoms with E-state index in [0.29, 0.717) is 12.2 Å². The smallest absolute Gasteiger partial charge is 0.272 e. The van der Waals surface area contributed by atoms with Gasteiger partial charge in [-0.15, -0.1) is 12.4 Å². The molecule has 8 heteroatoms. The predicted molar refractivity (Wildman–Crippen MR) is 110 cm³/mol. The summed E-state index contributed by atoms with van der Waals surface area (Å²) in [5.41, 5.74) is 3.83. The van der Waals surface area contributed by atoms with Gasteiger partial charge in [-0.1, -0.05) is 30.3 Å². The number of hydrogen-bond acceptors (Lipinski definition) is 5. The highest BCUT2D eigenvalue weighted by atomic mass is 35.5. The zero-order valence-corrected chi connectivity index (χ0v) is 16.8. The van der Waals surface area contributed by atoms with Gasteiger partial charge in [0.1, 0.15) is 0 Å². The molecule has 1 amide bonds. The summed E-state index contributed by atoms with van der Waals surface area (Å²) >= 11 is 0. The van der Waals surface area contributed by atoms with Gasteiger partial charge in [0, 0.05) is 56.4 Å². The second-order valence-electron chi connectivity index (χ2n) is 7.23. The molecular weight excluding hydrogens is 378 g/mol. The Morgan fingerprint density at radius 2 is 2.04 bits per heavy atom. The minimum Gasteiger partial charge on any atom is -0.379 e. The van der Waals surface area contributed by atoms with Crippen LogP contribution in [0.3, 0.4) is 0 Å². The summed E-state index contributed by atoms with van der Waals surface area (Å²) in [6.07, 6.45) is 1.69. The van der Waals surface area contributed by atoms with Crippen molar-refractivity contribution in [3.8, 4) is 0 Å². The fourth-order valence-corrected chi connectivity index (χ4v) is 3.82. The van der Waals surface area contributed by atoms with Crippen LogP contribution in [-0.4, -0.2) is 66.4 Å². The Hall–Kier alpha value is -1.93. The Morgan fingerprint density at radius 3 is 2.82 bits per heavy atom. The Balaban J connectivity index is 0.00000225. The summed E-state index contributed by atoms with van der Waals surface area (Å²) in [4.78, 5) is 15.3. The fraction of sp³-hybridized carbons (Fsp3) is 0.500. The molecule has 2 aromatic rings. The van der Waals surface area contributed by atoms with E-state index in [1.807, 2.05) is 18.2 Å². The van der Waals surface area contributed by atoms with Crippen molar-refractivity contribution in [1.82, 2.24) is 25.7 Å². The van der Waals surface area contributed by atoms with Gasteiger partial charge in [0.05, 0.1) is 13.2 Å². The van der Waals surface area contributed by atoms with Gasteiger partial charge in [0.15, 0.2) is 5.69 Å². The fourth-order valence-electron chi connectivity index (χ4n) is 3.82. The summed E-state index contributed by atoms with van der Waals surface area (Å²) in [5.74, 6) is -0.0922. The number of ether oxygens (including phenoxy) is 1. The summed E-state index contributed by atoms with van der Waals surface area (Å²) in [6.45, 7) is 5.75. The van der Waals surface area contributed by atoms with Crippen LogP contribution in [0.1, 0.15) is 27.3 Å². The van der Waals surface area contributed by atoms with Gasteiger partial charge in [-0.05, 0) is 12.0 Å². The first-order chi connectivity index (χ1) is 13.3. The number of nitrogens with zero attached hydrogens (tertiary/aromatic N) is 2. The van der Waals surface area contributed by atoms with E-state index >= 15 is 0 Å². The van der Waals surface area contributed by atoms with Gasteiger partial charge in [-0.2, -0.15) is 5.10 Å². The third-order valence-electron chi connectivity index (χ3n) is 5.26. The van der Waals surface area contributed by atoms with Crippen LogP contribution in [0.2, 0.25) is 0 Å². The van der Waals surface area contributed by atoms with Crippen LogP contribution >= 0.6 is 12.4 Å². The first kappa shape index (κ1) is 20.8. The van der Waals surface area contributed by atoms with Crippen LogP contribution < -0.4 is 10.6 Å². The van der Waals surface area contributed by atoms with Crippen molar-refractivity contribution in [3.63, 3.8) is 0 Å². The number of nitrogens with one attached hydrogen (secondary N) is 3. The van der Waals surface area contributed by atoms with E-state index in [-0.39, 0.29) is 24.4 Å².